The van der Waals surface area contributed by atoms with Crippen molar-refractivity contribution < 1.29 is 14.3 Å². The van der Waals surface area contributed by atoms with Crippen molar-refractivity contribution in [3.8, 4) is 0 Å². The number of ether oxygens (including phenoxy) is 2. The van der Waals surface area contributed by atoms with Crippen molar-refractivity contribution in [2.24, 2.45) is 5.41 Å². The van der Waals surface area contributed by atoms with E-state index in [4.69, 9.17) is 9.47 Å². The third-order valence-corrected chi connectivity index (χ3v) is 3.58. The van der Waals surface area contributed by atoms with E-state index in [0.29, 0.717) is 13.2 Å². The standard InChI is InChI=1S/C14H28N2O3/c1-14(6-5-7-15-12-14)13(17)16-8-3-4-9-19-11-10-18-2/h15H,3-12H2,1-2H3,(H,16,17). The van der Waals surface area contributed by atoms with Crippen molar-refractivity contribution in [3.05, 3.63) is 0 Å². The van der Waals surface area contributed by atoms with Crippen LogP contribution in [0.4, 0.5) is 0 Å². The molecule has 0 spiro atoms. The first-order valence-corrected chi connectivity index (χ1v) is 7.25. The lowest BCUT2D eigenvalue weighted by atomic mass is 9.82. The fourth-order valence-corrected chi connectivity index (χ4v) is 2.24. The molecule has 1 aliphatic heterocycles. The summed E-state index contributed by atoms with van der Waals surface area (Å²) in [5.41, 5.74) is -0.229. The number of rotatable bonds is 9. The molecule has 1 heterocycles. The van der Waals surface area contributed by atoms with Gasteiger partial charge in [0.2, 0.25) is 5.91 Å². The molecule has 0 aliphatic carbocycles. The number of piperidine rings is 1. The highest BCUT2D eigenvalue weighted by molar-refractivity contribution is 5.82. The summed E-state index contributed by atoms with van der Waals surface area (Å²) in [4.78, 5) is 12.1. The number of amides is 1. The minimum atomic E-state index is -0.229. The van der Waals surface area contributed by atoms with Crippen molar-refractivity contribution in [3.63, 3.8) is 0 Å². The third kappa shape index (κ3) is 6.36. The minimum Gasteiger partial charge on any atom is -0.382 e. The van der Waals surface area contributed by atoms with Crippen LogP contribution in [0.25, 0.3) is 0 Å². The van der Waals surface area contributed by atoms with Gasteiger partial charge in [0.1, 0.15) is 0 Å². The van der Waals surface area contributed by atoms with Gasteiger partial charge >= 0.3 is 0 Å². The predicted molar refractivity (Wildman–Crippen MR) is 75.1 cm³/mol. The van der Waals surface area contributed by atoms with Crippen LogP contribution < -0.4 is 10.6 Å². The highest BCUT2D eigenvalue weighted by Gasteiger charge is 2.34. The maximum Gasteiger partial charge on any atom is 0.227 e. The summed E-state index contributed by atoms with van der Waals surface area (Å²) in [5.74, 6) is 0.181. The van der Waals surface area contributed by atoms with Crippen LogP contribution in [0, 0.1) is 5.41 Å². The van der Waals surface area contributed by atoms with Crippen molar-refractivity contribution in [1.29, 1.82) is 0 Å². The van der Waals surface area contributed by atoms with Gasteiger partial charge in [-0.15, -0.1) is 0 Å². The third-order valence-electron chi connectivity index (χ3n) is 3.58. The zero-order valence-electron chi connectivity index (χ0n) is 12.3. The Morgan fingerprint density at radius 2 is 2.16 bits per heavy atom. The molecular formula is C14H28N2O3. The van der Waals surface area contributed by atoms with Crippen molar-refractivity contribution in [2.45, 2.75) is 32.6 Å². The summed E-state index contributed by atoms with van der Waals surface area (Å²) in [6.07, 6.45) is 3.99. The second-order valence-corrected chi connectivity index (χ2v) is 5.41. The molecule has 112 valence electrons. The lowest BCUT2D eigenvalue weighted by Gasteiger charge is -2.32. The first kappa shape index (κ1) is 16.4. The van der Waals surface area contributed by atoms with E-state index in [1.165, 1.54) is 0 Å². The Morgan fingerprint density at radius 3 is 2.84 bits per heavy atom. The Bertz CT molecular complexity index is 253. The average molecular weight is 272 g/mol. The Morgan fingerprint density at radius 1 is 1.32 bits per heavy atom. The fourth-order valence-electron chi connectivity index (χ4n) is 2.24. The molecular weight excluding hydrogens is 244 g/mol. The molecule has 1 atom stereocenters. The molecule has 1 saturated heterocycles. The van der Waals surface area contributed by atoms with E-state index in [-0.39, 0.29) is 11.3 Å². The SMILES string of the molecule is COCCOCCCCNC(=O)C1(C)CCCNC1. The number of methoxy groups -OCH3 is 1. The first-order valence-electron chi connectivity index (χ1n) is 7.25. The molecule has 1 rings (SSSR count). The summed E-state index contributed by atoms with van der Waals surface area (Å²) in [7, 11) is 1.67. The summed E-state index contributed by atoms with van der Waals surface area (Å²) in [5, 5.41) is 6.33. The number of unbranched alkanes of at least 4 members (excludes halogenated alkanes) is 1. The van der Waals surface area contributed by atoms with Gasteiger partial charge in [0.15, 0.2) is 0 Å². The molecule has 1 fully saturated rings. The highest BCUT2D eigenvalue weighted by atomic mass is 16.5. The lowest BCUT2D eigenvalue weighted by Crippen LogP contribution is -2.48. The molecule has 5 nitrogen and oxygen atoms in total. The van der Waals surface area contributed by atoms with Crippen LogP contribution in [0.2, 0.25) is 0 Å². The van der Waals surface area contributed by atoms with E-state index in [2.05, 4.69) is 10.6 Å². The van der Waals surface area contributed by atoms with Crippen LogP contribution in [-0.4, -0.2) is 52.5 Å². The van der Waals surface area contributed by atoms with Gasteiger partial charge in [-0.1, -0.05) is 0 Å². The van der Waals surface area contributed by atoms with Crippen LogP contribution >= 0.6 is 0 Å². The number of hydrogen-bond acceptors (Lipinski definition) is 4. The Labute approximate surface area is 116 Å². The van der Waals surface area contributed by atoms with Crippen molar-refractivity contribution in [1.82, 2.24) is 10.6 Å². The zero-order chi connectivity index (χ0) is 14.0. The molecule has 1 unspecified atom stereocenters. The number of carbonyl (C=O) groups excluding carboxylic acids is 1. The van der Waals surface area contributed by atoms with Crippen LogP contribution in [0.3, 0.4) is 0 Å². The molecule has 0 aromatic carbocycles. The maximum atomic E-state index is 12.1. The molecule has 5 heteroatoms. The maximum absolute atomic E-state index is 12.1. The van der Waals surface area contributed by atoms with Crippen LogP contribution in [-0.2, 0) is 14.3 Å². The fraction of sp³-hybridized carbons (Fsp3) is 0.929. The van der Waals surface area contributed by atoms with Gasteiger partial charge in [-0.05, 0) is 39.2 Å². The van der Waals surface area contributed by atoms with Gasteiger partial charge in [0.05, 0.1) is 18.6 Å². The van der Waals surface area contributed by atoms with Gasteiger partial charge in [0, 0.05) is 26.8 Å². The van der Waals surface area contributed by atoms with Crippen molar-refractivity contribution >= 4 is 5.91 Å². The molecule has 0 bridgehead atoms. The molecule has 19 heavy (non-hydrogen) atoms. The Kier molecular flexibility index (Phi) is 8.02. The van der Waals surface area contributed by atoms with Gasteiger partial charge in [-0.3, -0.25) is 4.79 Å². The number of hydrogen-bond donors (Lipinski definition) is 2. The smallest absolute Gasteiger partial charge is 0.227 e. The predicted octanol–water partition coefficient (Wildman–Crippen LogP) is 0.936. The minimum absolute atomic E-state index is 0.181. The lowest BCUT2D eigenvalue weighted by molar-refractivity contribution is -0.131. The van der Waals surface area contributed by atoms with Crippen LogP contribution in [0.15, 0.2) is 0 Å². The Balaban J connectivity index is 2.01. The second-order valence-electron chi connectivity index (χ2n) is 5.41. The number of nitrogens with one attached hydrogen (secondary N) is 2. The van der Waals surface area contributed by atoms with Gasteiger partial charge in [-0.2, -0.15) is 0 Å². The van der Waals surface area contributed by atoms with E-state index < -0.39 is 0 Å². The summed E-state index contributed by atoms with van der Waals surface area (Å²) in [6.45, 7) is 6.62. The number of carbonyl (C=O) groups is 1. The molecule has 0 aromatic heterocycles. The average Bonchev–Trinajstić information content (AvgIpc) is 2.42. The van der Waals surface area contributed by atoms with Crippen molar-refractivity contribution in [2.75, 3.05) is 46.6 Å². The van der Waals surface area contributed by atoms with E-state index in [1.807, 2.05) is 6.92 Å². The summed E-state index contributed by atoms with van der Waals surface area (Å²) >= 11 is 0. The molecule has 0 aromatic rings. The topological polar surface area (TPSA) is 59.6 Å². The molecule has 0 radical (unpaired) electrons. The van der Waals surface area contributed by atoms with Gasteiger partial charge in [-0.25, -0.2) is 0 Å². The highest BCUT2D eigenvalue weighted by Crippen LogP contribution is 2.25. The first-order chi connectivity index (χ1) is 9.19. The second kappa shape index (κ2) is 9.28. The van der Waals surface area contributed by atoms with E-state index in [0.717, 1.165) is 51.9 Å². The largest absolute Gasteiger partial charge is 0.382 e. The summed E-state index contributed by atoms with van der Waals surface area (Å²) in [6, 6.07) is 0. The normalized spacial score (nSPS) is 23.3. The quantitative estimate of drug-likeness (QED) is 0.613. The molecule has 1 amide bonds. The van der Waals surface area contributed by atoms with Crippen LogP contribution in [0.5, 0.6) is 0 Å². The molecule has 1 aliphatic rings. The van der Waals surface area contributed by atoms with E-state index in [1.54, 1.807) is 7.11 Å². The van der Waals surface area contributed by atoms with E-state index in [9.17, 15) is 4.79 Å². The van der Waals surface area contributed by atoms with E-state index >= 15 is 0 Å². The molecule has 0 saturated carbocycles. The van der Waals surface area contributed by atoms with Gasteiger partial charge < -0.3 is 20.1 Å². The monoisotopic (exact) mass is 272 g/mol. The zero-order valence-corrected chi connectivity index (χ0v) is 12.3. The Hall–Kier alpha value is -0.650. The summed E-state index contributed by atoms with van der Waals surface area (Å²) < 4.78 is 10.3. The van der Waals surface area contributed by atoms with Gasteiger partial charge in [0.25, 0.3) is 0 Å². The van der Waals surface area contributed by atoms with Crippen LogP contribution in [0.1, 0.15) is 32.6 Å². The molecule has 2 N–H and O–H groups in total.